The molecule has 0 amide bonds. The summed E-state index contributed by atoms with van der Waals surface area (Å²) in [6, 6.07) is 4.64. The lowest BCUT2D eigenvalue weighted by atomic mass is 10.2. The Bertz CT molecular complexity index is 351. The maximum Gasteiger partial charge on any atom is 0.342 e. The Morgan fingerprint density at radius 2 is 2.27 bits per heavy atom. The van der Waals surface area contributed by atoms with Gasteiger partial charge in [0.05, 0.1) is 13.7 Å². The number of nitrogen functional groups attached to an aromatic ring is 1. The highest BCUT2D eigenvalue weighted by Gasteiger charge is 2.13. The molecule has 0 aliphatic heterocycles. The molecule has 0 unspecified atom stereocenters. The number of rotatable bonds is 4. The van der Waals surface area contributed by atoms with Crippen LogP contribution in [-0.2, 0) is 4.74 Å². The van der Waals surface area contributed by atoms with Crippen molar-refractivity contribution in [2.45, 2.75) is 0 Å². The van der Waals surface area contributed by atoms with Crippen LogP contribution in [0.4, 0.5) is 5.69 Å². The van der Waals surface area contributed by atoms with Crippen LogP contribution in [0.25, 0.3) is 0 Å². The SMILES string of the molecule is COc1cc(N)ccc1C(=O)OCCO. The number of anilines is 1. The molecule has 0 bridgehead atoms. The monoisotopic (exact) mass is 211 g/mol. The number of methoxy groups -OCH3 is 1. The Kier molecular flexibility index (Phi) is 3.93. The highest BCUT2D eigenvalue weighted by atomic mass is 16.5. The molecule has 0 saturated heterocycles. The summed E-state index contributed by atoms with van der Waals surface area (Å²) >= 11 is 0. The van der Waals surface area contributed by atoms with E-state index in [9.17, 15) is 4.79 Å². The van der Waals surface area contributed by atoms with Crippen molar-refractivity contribution in [2.24, 2.45) is 0 Å². The first kappa shape index (κ1) is 11.3. The molecular formula is C10H13NO4. The maximum absolute atomic E-state index is 11.4. The summed E-state index contributed by atoms with van der Waals surface area (Å²) in [6.45, 7) is -0.241. The first-order chi connectivity index (χ1) is 7.19. The first-order valence-electron chi connectivity index (χ1n) is 4.40. The van der Waals surface area contributed by atoms with Crippen LogP contribution >= 0.6 is 0 Å². The van der Waals surface area contributed by atoms with Crippen molar-refractivity contribution in [3.8, 4) is 5.75 Å². The maximum atomic E-state index is 11.4. The van der Waals surface area contributed by atoms with Crippen molar-refractivity contribution in [3.63, 3.8) is 0 Å². The van der Waals surface area contributed by atoms with Crippen molar-refractivity contribution in [1.29, 1.82) is 0 Å². The van der Waals surface area contributed by atoms with Gasteiger partial charge in [0, 0.05) is 11.8 Å². The Labute approximate surface area is 87.4 Å². The van der Waals surface area contributed by atoms with Gasteiger partial charge in [-0.3, -0.25) is 0 Å². The number of hydrogen-bond donors (Lipinski definition) is 2. The lowest BCUT2D eigenvalue weighted by Gasteiger charge is -2.08. The number of aliphatic hydroxyl groups is 1. The van der Waals surface area contributed by atoms with Crippen LogP contribution < -0.4 is 10.5 Å². The van der Waals surface area contributed by atoms with Gasteiger partial charge >= 0.3 is 5.97 Å². The lowest BCUT2D eigenvalue weighted by Crippen LogP contribution is -2.10. The largest absolute Gasteiger partial charge is 0.496 e. The Hall–Kier alpha value is -1.75. The normalized spacial score (nSPS) is 9.73. The average molecular weight is 211 g/mol. The van der Waals surface area contributed by atoms with Crippen LogP contribution in [0.3, 0.4) is 0 Å². The number of carbonyl (C=O) groups excluding carboxylic acids is 1. The first-order valence-corrected chi connectivity index (χ1v) is 4.40. The number of esters is 1. The number of ether oxygens (including phenoxy) is 2. The Balaban J connectivity index is 2.87. The number of hydrogen-bond acceptors (Lipinski definition) is 5. The number of benzene rings is 1. The fourth-order valence-electron chi connectivity index (χ4n) is 1.09. The lowest BCUT2D eigenvalue weighted by molar-refractivity contribution is 0.0430. The molecule has 0 saturated carbocycles. The fourth-order valence-corrected chi connectivity index (χ4v) is 1.09. The van der Waals surface area contributed by atoms with Crippen molar-refractivity contribution in [1.82, 2.24) is 0 Å². The molecule has 1 aromatic rings. The van der Waals surface area contributed by atoms with Gasteiger partial charge in [-0.05, 0) is 12.1 Å². The van der Waals surface area contributed by atoms with Crippen molar-refractivity contribution >= 4 is 11.7 Å². The molecule has 0 aliphatic rings. The standard InChI is InChI=1S/C10H13NO4/c1-14-9-6-7(11)2-3-8(9)10(13)15-5-4-12/h2-3,6,12H,4-5,11H2,1H3. The van der Waals surface area contributed by atoms with E-state index in [0.29, 0.717) is 17.0 Å². The van der Waals surface area contributed by atoms with Gasteiger partial charge in [0.15, 0.2) is 0 Å². The van der Waals surface area contributed by atoms with Crippen molar-refractivity contribution in [2.75, 3.05) is 26.1 Å². The van der Waals surface area contributed by atoms with E-state index in [2.05, 4.69) is 0 Å². The van der Waals surface area contributed by atoms with Crippen molar-refractivity contribution in [3.05, 3.63) is 23.8 Å². The molecule has 5 heteroatoms. The van der Waals surface area contributed by atoms with E-state index in [4.69, 9.17) is 20.3 Å². The summed E-state index contributed by atoms with van der Waals surface area (Å²) in [6.07, 6.45) is 0. The Morgan fingerprint density at radius 3 is 2.87 bits per heavy atom. The van der Waals surface area contributed by atoms with Crippen LogP contribution in [-0.4, -0.2) is 31.4 Å². The van der Waals surface area contributed by atoms with E-state index in [1.165, 1.54) is 19.2 Å². The molecule has 0 spiro atoms. The zero-order valence-corrected chi connectivity index (χ0v) is 8.40. The van der Waals surface area contributed by atoms with E-state index in [1.54, 1.807) is 6.07 Å². The van der Waals surface area contributed by atoms with E-state index in [0.717, 1.165) is 0 Å². The molecule has 0 radical (unpaired) electrons. The molecule has 0 heterocycles. The van der Waals surface area contributed by atoms with E-state index in [-0.39, 0.29) is 13.2 Å². The number of nitrogens with two attached hydrogens (primary N) is 1. The quantitative estimate of drug-likeness (QED) is 0.557. The van der Waals surface area contributed by atoms with Crippen LogP contribution in [0.5, 0.6) is 5.75 Å². The third kappa shape index (κ3) is 2.85. The summed E-state index contributed by atoms with van der Waals surface area (Å²) in [4.78, 5) is 11.4. The molecule has 0 atom stereocenters. The minimum atomic E-state index is -0.541. The zero-order valence-electron chi connectivity index (χ0n) is 8.40. The molecule has 82 valence electrons. The van der Waals surface area contributed by atoms with Gasteiger partial charge in [-0.25, -0.2) is 4.79 Å². The second kappa shape index (κ2) is 5.21. The van der Waals surface area contributed by atoms with Crippen LogP contribution in [0.15, 0.2) is 18.2 Å². The summed E-state index contributed by atoms with van der Waals surface area (Å²) in [5.74, 6) is -0.182. The second-order valence-electron chi connectivity index (χ2n) is 2.82. The average Bonchev–Trinajstić information content (AvgIpc) is 2.25. The predicted molar refractivity (Wildman–Crippen MR) is 54.8 cm³/mol. The topological polar surface area (TPSA) is 81.8 Å². The van der Waals surface area contributed by atoms with Gasteiger partial charge in [-0.1, -0.05) is 0 Å². The van der Waals surface area contributed by atoms with Gasteiger partial charge in [-0.15, -0.1) is 0 Å². The molecule has 0 aliphatic carbocycles. The highest BCUT2D eigenvalue weighted by Crippen LogP contribution is 2.22. The number of aliphatic hydroxyl groups excluding tert-OH is 1. The molecule has 0 fully saturated rings. The van der Waals surface area contributed by atoms with E-state index < -0.39 is 5.97 Å². The Morgan fingerprint density at radius 1 is 1.53 bits per heavy atom. The van der Waals surface area contributed by atoms with Crippen molar-refractivity contribution < 1.29 is 19.4 Å². The molecular weight excluding hydrogens is 198 g/mol. The van der Waals surface area contributed by atoms with Gasteiger partial charge in [0.1, 0.15) is 17.9 Å². The van der Waals surface area contributed by atoms with E-state index >= 15 is 0 Å². The van der Waals surface area contributed by atoms with Crippen LogP contribution in [0.2, 0.25) is 0 Å². The van der Waals surface area contributed by atoms with Gasteiger partial charge < -0.3 is 20.3 Å². The molecule has 1 aromatic carbocycles. The van der Waals surface area contributed by atoms with E-state index in [1.807, 2.05) is 0 Å². The smallest absolute Gasteiger partial charge is 0.342 e. The summed E-state index contributed by atoms with van der Waals surface area (Å²) in [5.41, 5.74) is 6.33. The molecule has 1 rings (SSSR count). The minimum absolute atomic E-state index is 0.0354. The van der Waals surface area contributed by atoms with Crippen LogP contribution in [0.1, 0.15) is 10.4 Å². The summed E-state index contributed by atoms with van der Waals surface area (Å²) < 4.78 is 9.73. The van der Waals surface area contributed by atoms with Gasteiger partial charge in [-0.2, -0.15) is 0 Å². The molecule has 5 nitrogen and oxygen atoms in total. The number of carbonyl (C=O) groups is 1. The third-order valence-corrected chi connectivity index (χ3v) is 1.77. The predicted octanol–water partition coefficient (Wildman–Crippen LogP) is 0.427. The molecule has 15 heavy (non-hydrogen) atoms. The minimum Gasteiger partial charge on any atom is -0.496 e. The van der Waals surface area contributed by atoms with Gasteiger partial charge in [0.25, 0.3) is 0 Å². The molecule has 3 N–H and O–H groups in total. The zero-order chi connectivity index (χ0) is 11.3. The van der Waals surface area contributed by atoms with Gasteiger partial charge in [0.2, 0.25) is 0 Å². The summed E-state index contributed by atoms with van der Waals surface area (Å²) in [7, 11) is 1.44. The fraction of sp³-hybridized carbons (Fsp3) is 0.300. The second-order valence-corrected chi connectivity index (χ2v) is 2.82. The summed E-state index contributed by atoms with van der Waals surface area (Å²) in [5, 5.41) is 8.50. The molecule has 0 aromatic heterocycles. The van der Waals surface area contributed by atoms with Crippen LogP contribution in [0, 0.1) is 0 Å². The highest BCUT2D eigenvalue weighted by molar-refractivity contribution is 5.93. The third-order valence-electron chi connectivity index (χ3n) is 1.77.